The highest BCUT2D eigenvalue weighted by Gasteiger charge is 2.36. The van der Waals surface area contributed by atoms with Crippen molar-refractivity contribution in [3.8, 4) is 0 Å². The maximum atomic E-state index is 6.07. The van der Waals surface area contributed by atoms with Gasteiger partial charge in [-0.25, -0.2) is 0 Å². The molecular weight excluding hydrogens is 176 g/mol. The van der Waals surface area contributed by atoms with E-state index in [2.05, 4.69) is 18.7 Å². The number of rotatable bonds is 2. The molecule has 0 saturated carbocycles. The van der Waals surface area contributed by atoms with Gasteiger partial charge in [-0.15, -0.1) is 0 Å². The molecule has 2 fully saturated rings. The van der Waals surface area contributed by atoms with Crippen LogP contribution in [-0.2, 0) is 4.74 Å². The quantitative estimate of drug-likeness (QED) is 0.709. The standard InChI is InChI=1S/C11H22N2O/c1-11(2)7-13(8-11)5-9-6-14-4-3-10(9)12/h9-10H,3-8,12H2,1-2H3. The minimum atomic E-state index is 0.354. The van der Waals surface area contributed by atoms with E-state index in [1.54, 1.807) is 0 Å². The molecule has 0 aromatic heterocycles. The zero-order valence-corrected chi connectivity index (χ0v) is 9.33. The van der Waals surface area contributed by atoms with Gasteiger partial charge in [-0.1, -0.05) is 13.8 Å². The van der Waals surface area contributed by atoms with Crippen LogP contribution in [-0.4, -0.2) is 43.8 Å². The van der Waals surface area contributed by atoms with Gasteiger partial charge in [0.25, 0.3) is 0 Å². The Hall–Kier alpha value is -0.120. The Morgan fingerprint density at radius 3 is 2.71 bits per heavy atom. The zero-order chi connectivity index (χ0) is 10.2. The lowest BCUT2D eigenvalue weighted by atomic mass is 9.83. The second kappa shape index (κ2) is 3.80. The average molecular weight is 198 g/mol. The molecule has 0 aromatic rings. The van der Waals surface area contributed by atoms with Crippen molar-refractivity contribution in [2.75, 3.05) is 32.8 Å². The van der Waals surface area contributed by atoms with Gasteiger partial charge in [0, 0.05) is 38.2 Å². The lowest BCUT2D eigenvalue weighted by Crippen LogP contribution is -2.56. The zero-order valence-electron chi connectivity index (χ0n) is 9.33. The van der Waals surface area contributed by atoms with Crippen LogP contribution >= 0.6 is 0 Å². The molecule has 2 atom stereocenters. The largest absolute Gasteiger partial charge is 0.381 e. The molecule has 2 N–H and O–H groups in total. The van der Waals surface area contributed by atoms with E-state index in [1.165, 1.54) is 13.1 Å². The first-order chi connectivity index (χ1) is 6.57. The predicted molar refractivity (Wildman–Crippen MR) is 57.1 cm³/mol. The first-order valence-electron chi connectivity index (χ1n) is 5.62. The summed E-state index contributed by atoms with van der Waals surface area (Å²) in [5, 5.41) is 0. The Morgan fingerprint density at radius 2 is 2.14 bits per heavy atom. The summed E-state index contributed by atoms with van der Waals surface area (Å²) in [5.41, 5.74) is 6.59. The molecule has 0 spiro atoms. The Labute approximate surface area is 86.6 Å². The topological polar surface area (TPSA) is 38.5 Å². The van der Waals surface area contributed by atoms with Gasteiger partial charge in [-0.3, -0.25) is 0 Å². The van der Waals surface area contributed by atoms with E-state index in [4.69, 9.17) is 10.5 Å². The molecule has 2 saturated heterocycles. The molecule has 3 nitrogen and oxygen atoms in total. The monoisotopic (exact) mass is 198 g/mol. The van der Waals surface area contributed by atoms with Gasteiger partial charge in [0.15, 0.2) is 0 Å². The van der Waals surface area contributed by atoms with Crippen molar-refractivity contribution in [1.82, 2.24) is 4.90 Å². The fraction of sp³-hybridized carbons (Fsp3) is 1.00. The molecule has 82 valence electrons. The molecule has 2 heterocycles. The normalized spacial score (nSPS) is 37.9. The van der Waals surface area contributed by atoms with Gasteiger partial charge >= 0.3 is 0 Å². The van der Waals surface area contributed by atoms with Crippen molar-refractivity contribution in [2.45, 2.75) is 26.3 Å². The lowest BCUT2D eigenvalue weighted by Gasteiger charge is -2.48. The first kappa shape index (κ1) is 10.4. The van der Waals surface area contributed by atoms with E-state index in [9.17, 15) is 0 Å². The molecule has 14 heavy (non-hydrogen) atoms. The van der Waals surface area contributed by atoms with Crippen molar-refractivity contribution in [3.05, 3.63) is 0 Å². The summed E-state index contributed by atoms with van der Waals surface area (Å²) in [6.45, 7) is 9.92. The Kier molecular flexibility index (Phi) is 2.82. The Balaban J connectivity index is 1.75. The van der Waals surface area contributed by atoms with Crippen LogP contribution in [0.4, 0.5) is 0 Å². The van der Waals surface area contributed by atoms with Crippen LogP contribution < -0.4 is 5.73 Å². The van der Waals surface area contributed by atoms with E-state index in [1.807, 2.05) is 0 Å². The van der Waals surface area contributed by atoms with Crippen molar-refractivity contribution in [1.29, 1.82) is 0 Å². The van der Waals surface area contributed by atoms with Crippen LogP contribution in [0.5, 0.6) is 0 Å². The lowest BCUT2D eigenvalue weighted by molar-refractivity contribution is -0.0228. The fourth-order valence-corrected chi connectivity index (χ4v) is 2.63. The molecular formula is C11H22N2O. The first-order valence-corrected chi connectivity index (χ1v) is 5.62. The number of hydrogen-bond acceptors (Lipinski definition) is 3. The number of hydrogen-bond donors (Lipinski definition) is 1. The molecule has 2 aliphatic heterocycles. The predicted octanol–water partition coefficient (Wildman–Crippen LogP) is 0.692. The van der Waals surface area contributed by atoms with Crippen molar-refractivity contribution >= 4 is 0 Å². The number of nitrogens with zero attached hydrogens (tertiary/aromatic N) is 1. The summed E-state index contributed by atoms with van der Waals surface area (Å²) >= 11 is 0. The summed E-state index contributed by atoms with van der Waals surface area (Å²) in [4.78, 5) is 2.50. The molecule has 0 amide bonds. The molecule has 3 heteroatoms. The van der Waals surface area contributed by atoms with Crippen LogP contribution in [0, 0.1) is 11.3 Å². The highest BCUT2D eigenvalue weighted by atomic mass is 16.5. The minimum Gasteiger partial charge on any atom is -0.381 e. The summed E-state index contributed by atoms with van der Waals surface area (Å²) in [5.74, 6) is 0.555. The van der Waals surface area contributed by atoms with Crippen LogP contribution in [0.1, 0.15) is 20.3 Å². The third-order valence-corrected chi connectivity index (χ3v) is 3.33. The summed E-state index contributed by atoms with van der Waals surface area (Å²) in [6, 6.07) is 0.354. The van der Waals surface area contributed by atoms with Crippen LogP contribution in [0.25, 0.3) is 0 Å². The van der Waals surface area contributed by atoms with Gasteiger partial charge in [-0.2, -0.15) is 0 Å². The SMILES string of the molecule is CC1(C)CN(CC2COCCC2N)C1. The van der Waals surface area contributed by atoms with Crippen molar-refractivity contribution in [2.24, 2.45) is 17.1 Å². The van der Waals surface area contributed by atoms with E-state index in [-0.39, 0.29) is 0 Å². The smallest absolute Gasteiger partial charge is 0.0521 e. The van der Waals surface area contributed by atoms with Crippen molar-refractivity contribution < 1.29 is 4.74 Å². The van der Waals surface area contributed by atoms with Crippen LogP contribution in [0.3, 0.4) is 0 Å². The van der Waals surface area contributed by atoms with Crippen LogP contribution in [0.15, 0.2) is 0 Å². The molecule has 0 aliphatic carbocycles. The number of nitrogens with two attached hydrogens (primary N) is 1. The highest BCUT2D eigenvalue weighted by Crippen LogP contribution is 2.30. The minimum absolute atomic E-state index is 0.354. The van der Waals surface area contributed by atoms with Gasteiger partial charge in [0.05, 0.1) is 6.61 Å². The van der Waals surface area contributed by atoms with Gasteiger partial charge < -0.3 is 15.4 Å². The van der Waals surface area contributed by atoms with Crippen molar-refractivity contribution in [3.63, 3.8) is 0 Å². The molecule has 2 aliphatic rings. The maximum Gasteiger partial charge on any atom is 0.0521 e. The fourth-order valence-electron chi connectivity index (χ4n) is 2.63. The second-order valence-corrected chi connectivity index (χ2v) is 5.62. The number of ether oxygens (including phenoxy) is 1. The van der Waals surface area contributed by atoms with Gasteiger partial charge in [0.1, 0.15) is 0 Å². The molecule has 0 radical (unpaired) electrons. The molecule has 2 rings (SSSR count). The van der Waals surface area contributed by atoms with E-state index < -0.39 is 0 Å². The maximum absolute atomic E-state index is 6.07. The molecule has 2 unspecified atom stereocenters. The summed E-state index contributed by atoms with van der Waals surface area (Å²) in [6.07, 6.45) is 1.03. The third kappa shape index (κ3) is 2.27. The van der Waals surface area contributed by atoms with E-state index in [0.717, 1.165) is 26.2 Å². The van der Waals surface area contributed by atoms with E-state index >= 15 is 0 Å². The van der Waals surface area contributed by atoms with Gasteiger partial charge in [-0.05, 0) is 11.8 Å². The Morgan fingerprint density at radius 1 is 1.43 bits per heavy atom. The third-order valence-electron chi connectivity index (χ3n) is 3.33. The average Bonchev–Trinajstić information content (AvgIpc) is 2.05. The Bertz CT molecular complexity index is 197. The van der Waals surface area contributed by atoms with E-state index in [0.29, 0.717) is 17.4 Å². The van der Waals surface area contributed by atoms with Crippen LogP contribution in [0.2, 0.25) is 0 Å². The second-order valence-electron chi connectivity index (χ2n) is 5.62. The molecule has 0 bridgehead atoms. The van der Waals surface area contributed by atoms with Gasteiger partial charge in [0.2, 0.25) is 0 Å². The number of likely N-dealkylation sites (tertiary alicyclic amines) is 1. The highest BCUT2D eigenvalue weighted by molar-refractivity contribution is 4.90. The summed E-state index contributed by atoms with van der Waals surface area (Å²) < 4.78 is 5.47. The summed E-state index contributed by atoms with van der Waals surface area (Å²) in [7, 11) is 0. The molecule has 0 aromatic carbocycles.